The zero-order valence-electron chi connectivity index (χ0n) is 14.0. The van der Waals surface area contributed by atoms with Crippen molar-refractivity contribution in [2.75, 3.05) is 18.5 Å². The van der Waals surface area contributed by atoms with Crippen LogP contribution < -0.4 is 4.90 Å². The van der Waals surface area contributed by atoms with Crippen LogP contribution in [0.4, 0.5) is 18.9 Å². The number of nitriles is 1. The fourth-order valence-electron chi connectivity index (χ4n) is 4.82. The smallest absolute Gasteiger partial charge is 0.302 e. The summed E-state index contributed by atoms with van der Waals surface area (Å²) in [5.41, 5.74) is -1.77. The summed E-state index contributed by atoms with van der Waals surface area (Å²) in [6, 6.07) is 4.45. The van der Waals surface area contributed by atoms with Gasteiger partial charge in [-0.25, -0.2) is 4.90 Å². The standard InChI is InChI=1S/C18H16F3N3O2/c1-23-8-10-3-5-13(23)15-14(10)16(25)24(17(15)26)11-4-2-9(7-22)12(6-11)18(19,20)21/h2,4,6,10,13-15H,3,5,8H2,1H3/t10?,13?,14-,15+/m0/s1. The predicted molar refractivity (Wildman–Crippen MR) is 84.8 cm³/mol. The number of fused-ring (bicyclic) bond motifs is 2. The summed E-state index contributed by atoms with van der Waals surface area (Å²) in [6.07, 6.45) is -3.07. The van der Waals surface area contributed by atoms with Crippen LogP contribution in [0.2, 0.25) is 0 Å². The second-order valence-electron chi connectivity index (χ2n) is 7.25. The van der Waals surface area contributed by atoms with Gasteiger partial charge in [0.25, 0.3) is 0 Å². The first-order valence-electron chi connectivity index (χ1n) is 8.43. The highest BCUT2D eigenvalue weighted by atomic mass is 19.4. The molecule has 1 aromatic carbocycles. The Bertz CT molecular complexity index is 845. The molecule has 4 atom stereocenters. The molecule has 4 fully saturated rings. The molecule has 5 rings (SSSR count). The van der Waals surface area contributed by atoms with Crippen LogP contribution in [0.3, 0.4) is 0 Å². The SMILES string of the molecule is CN1CC2CCC1[C@H]1C(=O)N(c3ccc(C#N)c(C(F)(F)F)c3)C(=O)[C@@H]21. The lowest BCUT2D eigenvalue weighted by Crippen LogP contribution is -2.56. The molecule has 26 heavy (non-hydrogen) atoms. The van der Waals surface area contributed by atoms with Crippen LogP contribution in [-0.2, 0) is 15.8 Å². The highest BCUT2D eigenvalue weighted by Crippen LogP contribution is 2.49. The number of nitrogens with zero attached hydrogens (tertiary/aromatic N) is 3. The number of amides is 2. The van der Waals surface area contributed by atoms with Gasteiger partial charge in [0, 0.05) is 12.6 Å². The molecule has 3 heterocycles. The number of carbonyl (C=O) groups excluding carboxylic acids is 2. The van der Waals surface area contributed by atoms with E-state index in [1.165, 1.54) is 12.1 Å². The summed E-state index contributed by atoms with van der Waals surface area (Å²) in [5, 5.41) is 8.91. The van der Waals surface area contributed by atoms with Crippen molar-refractivity contribution in [3.05, 3.63) is 29.3 Å². The van der Waals surface area contributed by atoms with Crippen LogP contribution in [0.5, 0.6) is 0 Å². The lowest BCUT2D eigenvalue weighted by Gasteiger charge is -2.48. The number of piperidine rings is 2. The summed E-state index contributed by atoms with van der Waals surface area (Å²) in [4.78, 5) is 28.8. The number of benzene rings is 1. The topological polar surface area (TPSA) is 64.4 Å². The lowest BCUT2D eigenvalue weighted by atomic mass is 9.66. The van der Waals surface area contributed by atoms with E-state index in [4.69, 9.17) is 5.26 Å². The molecule has 3 saturated heterocycles. The third-order valence-corrected chi connectivity index (χ3v) is 5.93. The minimum Gasteiger partial charge on any atom is -0.302 e. The van der Waals surface area contributed by atoms with Crippen LogP contribution in [0.25, 0.3) is 0 Å². The molecule has 1 aliphatic carbocycles. The number of halogens is 3. The van der Waals surface area contributed by atoms with Gasteiger partial charge in [0.2, 0.25) is 11.8 Å². The average molecular weight is 363 g/mol. The Kier molecular flexibility index (Phi) is 3.63. The number of imide groups is 1. The molecular weight excluding hydrogens is 347 g/mol. The van der Waals surface area contributed by atoms with E-state index in [1.54, 1.807) is 0 Å². The number of anilines is 1. The molecule has 1 aromatic rings. The summed E-state index contributed by atoms with van der Waals surface area (Å²) >= 11 is 0. The Balaban J connectivity index is 1.77. The maximum atomic E-state index is 13.2. The lowest BCUT2D eigenvalue weighted by molar-refractivity contribution is -0.138. The summed E-state index contributed by atoms with van der Waals surface area (Å²) in [5.74, 6) is -1.75. The fourth-order valence-corrected chi connectivity index (χ4v) is 4.82. The van der Waals surface area contributed by atoms with Crippen LogP contribution in [0.15, 0.2) is 18.2 Å². The van der Waals surface area contributed by atoms with Crippen LogP contribution in [0.1, 0.15) is 24.0 Å². The van der Waals surface area contributed by atoms with Gasteiger partial charge in [0.15, 0.2) is 0 Å². The molecule has 1 saturated carbocycles. The molecular formula is C18H16F3N3O2. The van der Waals surface area contributed by atoms with Crippen molar-refractivity contribution in [2.45, 2.75) is 25.1 Å². The van der Waals surface area contributed by atoms with Crippen molar-refractivity contribution < 1.29 is 22.8 Å². The minimum atomic E-state index is -4.74. The third-order valence-electron chi connectivity index (χ3n) is 5.93. The Labute approximate surface area is 148 Å². The van der Waals surface area contributed by atoms with E-state index in [2.05, 4.69) is 4.90 Å². The number of hydrogen-bond acceptors (Lipinski definition) is 4. The van der Waals surface area contributed by atoms with Gasteiger partial charge in [-0.15, -0.1) is 0 Å². The molecule has 136 valence electrons. The second-order valence-corrected chi connectivity index (χ2v) is 7.25. The zero-order valence-corrected chi connectivity index (χ0v) is 14.0. The maximum absolute atomic E-state index is 13.2. The molecule has 0 spiro atoms. The van der Waals surface area contributed by atoms with E-state index >= 15 is 0 Å². The van der Waals surface area contributed by atoms with E-state index in [1.807, 2.05) is 7.05 Å². The Morgan fingerprint density at radius 1 is 1.15 bits per heavy atom. The molecule has 3 aliphatic heterocycles. The van der Waals surface area contributed by atoms with Gasteiger partial charge in [0.05, 0.1) is 34.7 Å². The fraction of sp³-hybridized carbons (Fsp3) is 0.500. The van der Waals surface area contributed by atoms with Gasteiger partial charge in [-0.1, -0.05) is 0 Å². The molecule has 0 aromatic heterocycles. The van der Waals surface area contributed by atoms with Gasteiger partial charge in [0.1, 0.15) is 0 Å². The van der Waals surface area contributed by atoms with E-state index in [-0.39, 0.29) is 17.6 Å². The molecule has 2 unspecified atom stereocenters. The molecule has 2 amide bonds. The van der Waals surface area contributed by atoms with Crippen LogP contribution in [-0.4, -0.2) is 36.3 Å². The summed E-state index contributed by atoms with van der Waals surface area (Å²) in [6.45, 7) is 0.722. The van der Waals surface area contributed by atoms with Crippen molar-refractivity contribution in [3.8, 4) is 6.07 Å². The van der Waals surface area contributed by atoms with E-state index < -0.39 is 41.0 Å². The first-order chi connectivity index (χ1) is 12.2. The third kappa shape index (κ3) is 2.27. The largest absolute Gasteiger partial charge is 0.417 e. The van der Waals surface area contributed by atoms with Gasteiger partial charge in [-0.3, -0.25) is 9.59 Å². The number of hydrogen-bond donors (Lipinski definition) is 0. The highest BCUT2D eigenvalue weighted by molar-refractivity contribution is 6.22. The van der Waals surface area contributed by atoms with E-state index in [0.717, 1.165) is 36.4 Å². The Hall–Kier alpha value is -2.40. The van der Waals surface area contributed by atoms with Gasteiger partial charge in [-0.2, -0.15) is 18.4 Å². The number of rotatable bonds is 1. The van der Waals surface area contributed by atoms with Gasteiger partial charge < -0.3 is 4.90 Å². The van der Waals surface area contributed by atoms with Crippen molar-refractivity contribution in [3.63, 3.8) is 0 Å². The Morgan fingerprint density at radius 2 is 1.85 bits per heavy atom. The maximum Gasteiger partial charge on any atom is 0.417 e. The summed E-state index contributed by atoms with van der Waals surface area (Å²) in [7, 11) is 1.91. The predicted octanol–water partition coefficient (Wildman–Crippen LogP) is 2.41. The quantitative estimate of drug-likeness (QED) is 0.719. The second kappa shape index (κ2) is 5.55. The number of carbonyl (C=O) groups is 2. The van der Waals surface area contributed by atoms with Crippen molar-refractivity contribution in [1.29, 1.82) is 5.26 Å². The van der Waals surface area contributed by atoms with Crippen molar-refractivity contribution >= 4 is 17.5 Å². The minimum absolute atomic E-state index is 0.0491. The highest BCUT2D eigenvalue weighted by Gasteiger charge is 2.60. The average Bonchev–Trinajstić information content (AvgIpc) is 2.87. The van der Waals surface area contributed by atoms with Crippen LogP contribution >= 0.6 is 0 Å². The van der Waals surface area contributed by atoms with Crippen molar-refractivity contribution in [1.82, 2.24) is 4.90 Å². The number of alkyl halides is 3. The van der Waals surface area contributed by atoms with Gasteiger partial charge in [-0.05, 0) is 44.0 Å². The van der Waals surface area contributed by atoms with Gasteiger partial charge >= 0.3 is 6.18 Å². The normalized spacial score (nSPS) is 31.3. The molecule has 0 N–H and O–H groups in total. The molecule has 2 bridgehead atoms. The summed E-state index contributed by atoms with van der Waals surface area (Å²) < 4.78 is 39.7. The van der Waals surface area contributed by atoms with E-state index in [9.17, 15) is 22.8 Å². The first kappa shape index (κ1) is 17.0. The molecule has 5 nitrogen and oxygen atoms in total. The van der Waals surface area contributed by atoms with Crippen molar-refractivity contribution in [2.24, 2.45) is 17.8 Å². The molecule has 4 aliphatic rings. The first-order valence-corrected chi connectivity index (χ1v) is 8.43. The Morgan fingerprint density at radius 3 is 2.46 bits per heavy atom. The molecule has 8 heteroatoms. The monoisotopic (exact) mass is 363 g/mol. The van der Waals surface area contributed by atoms with Crippen LogP contribution in [0, 0.1) is 29.1 Å². The zero-order chi connectivity index (χ0) is 18.8. The van der Waals surface area contributed by atoms with E-state index in [0.29, 0.717) is 0 Å². The molecule has 0 radical (unpaired) electrons.